The quantitative estimate of drug-likeness (QED) is 0.530. The van der Waals surface area contributed by atoms with Crippen molar-refractivity contribution in [1.29, 1.82) is 0 Å². The first kappa shape index (κ1) is 4.47. The van der Waals surface area contributed by atoms with Crippen LogP contribution in [0.4, 0.5) is 0 Å². The monoisotopic (exact) mass is 127 g/mol. The predicted octanol–water partition coefficient (Wildman–Crippen LogP) is 1.21. The summed E-state index contributed by atoms with van der Waals surface area (Å²) in [6.07, 6.45) is 0.334. The number of ether oxygens (including phenoxy) is 1. The maximum Gasteiger partial charge on any atom is 0.124 e. The minimum Gasteiger partial charge on any atom is -0.366 e. The van der Waals surface area contributed by atoms with Gasteiger partial charge in [-0.05, 0) is 0 Å². The van der Waals surface area contributed by atoms with E-state index in [4.69, 9.17) is 4.74 Å². The molecule has 2 nitrogen and oxygen atoms in total. The standard InChI is InChI=1S/C5H5NOS/c1-5(7-1)4-2-8-3-6-4/h2-3,5H,1H2. The Bertz CT molecular complexity index is 169. The van der Waals surface area contributed by atoms with Crippen LogP contribution in [0, 0.1) is 0 Å². The number of thiazole rings is 1. The maximum absolute atomic E-state index is 5.00. The summed E-state index contributed by atoms with van der Waals surface area (Å²) in [5.74, 6) is 0. The van der Waals surface area contributed by atoms with E-state index in [0.717, 1.165) is 12.3 Å². The summed E-state index contributed by atoms with van der Waals surface area (Å²) in [7, 11) is 0. The van der Waals surface area contributed by atoms with Crippen LogP contribution < -0.4 is 0 Å². The molecule has 0 saturated carbocycles. The first-order chi connectivity index (χ1) is 3.97. The molecule has 0 N–H and O–H groups in total. The molecule has 1 aromatic heterocycles. The SMILES string of the molecule is c1nc(C2CO2)cs1. The third-order valence-corrected chi connectivity index (χ3v) is 1.72. The van der Waals surface area contributed by atoms with Crippen LogP contribution >= 0.6 is 11.3 Å². The predicted molar refractivity (Wildman–Crippen MR) is 30.8 cm³/mol. The number of hydrogen-bond donors (Lipinski definition) is 0. The lowest BCUT2D eigenvalue weighted by atomic mass is 10.4. The van der Waals surface area contributed by atoms with Gasteiger partial charge in [-0.2, -0.15) is 0 Å². The highest BCUT2D eigenvalue weighted by Crippen LogP contribution is 2.28. The Balaban J connectivity index is 2.28. The second-order valence-corrected chi connectivity index (χ2v) is 2.45. The van der Waals surface area contributed by atoms with Crippen molar-refractivity contribution in [3.05, 3.63) is 16.6 Å². The van der Waals surface area contributed by atoms with Gasteiger partial charge in [-0.3, -0.25) is 0 Å². The summed E-state index contributed by atoms with van der Waals surface area (Å²) in [5, 5.41) is 2.03. The summed E-state index contributed by atoms with van der Waals surface area (Å²) < 4.78 is 5.00. The number of hydrogen-bond acceptors (Lipinski definition) is 3. The highest BCUT2D eigenvalue weighted by atomic mass is 32.1. The van der Waals surface area contributed by atoms with Crippen LogP contribution in [0.15, 0.2) is 10.9 Å². The summed E-state index contributed by atoms with van der Waals surface area (Å²) >= 11 is 1.62. The van der Waals surface area contributed by atoms with E-state index in [2.05, 4.69) is 4.98 Å². The fraction of sp³-hybridized carbons (Fsp3) is 0.400. The Morgan fingerprint density at radius 2 is 2.75 bits per heavy atom. The van der Waals surface area contributed by atoms with Crippen molar-refractivity contribution in [2.45, 2.75) is 6.10 Å². The lowest BCUT2D eigenvalue weighted by Crippen LogP contribution is -1.75. The lowest BCUT2D eigenvalue weighted by Gasteiger charge is -1.77. The van der Waals surface area contributed by atoms with Crippen LogP contribution in [0.5, 0.6) is 0 Å². The van der Waals surface area contributed by atoms with Gasteiger partial charge in [0.15, 0.2) is 0 Å². The first-order valence-electron chi connectivity index (χ1n) is 2.46. The molecule has 8 heavy (non-hydrogen) atoms. The molecule has 1 aliphatic rings. The first-order valence-corrected chi connectivity index (χ1v) is 3.41. The average Bonchev–Trinajstić information content (AvgIpc) is 2.49. The Labute approximate surface area is 51.1 Å². The number of rotatable bonds is 1. The zero-order valence-corrected chi connectivity index (χ0v) is 5.02. The van der Waals surface area contributed by atoms with E-state index in [1.54, 1.807) is 11.3 Å². The number of epoxide rings is 1. The molecule has 1 aliphatic heterocycles. The van der Waals surface area contributed by atoms with Crippen LogP contribution in [-0.4, -0.2) is 11.6 Å². The molecule has 2 heterocycles. The van der Waals surface area contributed by atoms with Crippen LogP contribution in [0.1, 0.15) is 11.8 Å². The fourth-order valence-electron chi connectivity index (χ4n) is 0.600. The van der Waals surface area contributed by atoms with Gasteiger partial charge in [0.05, 0.1) is 17.8 Å². The Hall–Kier alpha value is -0.410. The van der Waals surface area contributed by atoms with Crippen molar-refractivity contribution in [1.82, 2.24) is 4.98 Å². The van der Waals surface area contributed by atoms with Crippen molar-refractivity contribution in [2.24, 2.45) is 0 Å². The van der Waals surface area contributed by atoms with Crippen LogP contribution in [-0.2, 0) is 4.74 Å². The van der Waals surface area contributed by atoms with E-state index in [0.29, 0.717) is 6.10 Å². The van der Waals surface area contributed by atoms with Gasteiger partial charge in [0.1, 0.15) is 6.10 Å². The molecule has 2 rings (SSSR count). The molecule has 1 atom stereocenters. The molecule has 1 aromatic rings. The third kappa shape index (κ3) is 0.638. The molecule has 3 heteroatoms. The number of nitrogens with zero attached hydrogens (tertiary/aromatic N) is 1. The smallest absolute Gasteiger partial charge is 0.124 e. The van der Waals surface area contributed by atoms with E-state index >= 15 is 0 Å². The molecule has 0 bridgehead atoms. The topological polar surface area (TPSA) is 25.4 Å². The molecule has 1 unspecified atom stereocenters. The minimum absolute atomic E-state index is 0.334. The van der Waals surface area contributed by atoms with E-state index in [1.807, 2.05) is 10.9 Å². The molecule has 0 spiro atoms. The van der Waals surface area contributed by atoms with Crippen LogP contribution in [0.2, 0.25) is 0 Å². The second-order valence-electron chi connectivity index (χ2n) is 1.74. The maximum atomic E-state index is 5.00. The highest BCUT2D eigenvalue weighted by molar-refractivity contribution is 7.07. The van der Waals surface area contributed by atoms with E-state index < -0.39 is 0 Å². The molecule has 1 fully saturated rings. The Morgan fingerprint density at radius 3 is 3.25 bits per heavy atom. The van der Waals surface area contributed by atoms with Gasteiger partial charge in [-0.15, -0.1) is 11.3 Å². The van der Waals surface area contributed by atoms with E-state index in [-0.39, 0.29) is 0 Å². The summed E-state index contributed by atoms with van der Waals surface area (Å²) in [5.41, 5.74) is 2.92. The summed E-state index contributed by atoms with van der Waals surface area (Å²) in [4.78, 5) is 4.07. The van der Waals surface area contributed by atoms with Gasteiger partial charge in [0, 0.05) is 5.38 Å². The van der Waals surface area contributed by atoms with Gasteiger partial charge < -0.3 is 4.74 Å². The third-order valence-electron chi connectivity index (χ3n) is 1.11. The molecular formula is C5H5NOS. The average molecular weight is 127 g/mol. The molecular weight excluding hydrogens is 122 g/mol. The summed E-state index contributed by atoms with van der Waals surface area (Å²) in [6, 6.07) is 0. The minimum atomic E-state index is 0.334. The van der Waals surface area contributed by atoms with Crippen molar-refractivity contribution >= 4 is 11.3 Å². The Morgan fingerprint density at radius 1 is 1.88 bits per heavy atom. The molecule has 0 aliphatic carbocycles. The van der Waals surface area contributed by atoms with Crippen molar-refractivity contribution in [3.8, 4) is 0 Å². The second kappa shape index (κ2) is 1.53. The number of aromatic nitrogens is 1. The summed E-state index contributed by atoms with van der Waals surface area (Å²) in [6.45, 7) is 0.865. The van der Waals surface area contributed by atoms with Gasteiger partial charge in [0.25, 0.3) is 0 Å². The van der Waals surface area contributed by atoms with E-state index in [9.17, 15) is 0 Å². The van der Waals surface area contributed by atoms with Gasteiger partial charge in [-0.25, -0.2) is 4.98 Å². The van der Waals surface area contributed by atoms with Gasteiger partial charge in [0.2, 0.25) is 0 Å². The van der Waals surface area contributed by atoms with Crippen molar-refractivity contribution < 1.29 is 4.74 Å². The van der Waals surface area contributed by atoms with Crippen LogP contribution in [0.25, 0.3) is 0 Å². The zero-order chi connectivity index (χ0) is 5.40. The van der Waals surface area contributed by atoms with E-state index in [1.165, 1.54) is 0 Å². The Kier molecular flexibility index (Phi) is 0.856. The molecule has 1 saturated heterocycles. The lowest BCUT2D eigenvalue weighted by molar-refractivity contribution is 0.412. The van der Waals surface area contributed by atoms with Crippen molar-refractivity contribution in [2.75, 3.05) is 6.61 Å². The van der Waals surface area contributed by atoms with Gasteiger partial charge in [-0.1, -0.05) is 0 Å². The molecule has 0 amide bonds. The normalized spacial score (nSPS) is 25.8. The highest BCUT2D eigenvalue weighted by Gasteiger charge is 2.25. The largest absolute Gasteiger partial charge is 0.366 e. The molecule has 0 aromatic carbocycles. The van der Waals surface area contributed by atoms with Crippen molar-refractivity contribution in [3.63, 3.8) is 0 Å². The zero-order valence-electron chi connectivity index (χ0n) is 4.20. The fourth-order valence-corrected chi connectivity index (χ4v) is 1.20. The van der Waals surface area contributed by atoms with Gasteiger partial charge >= 0.3 is 0 Å². The molecule has 42 valence electrons. The van der Waals surface area contributed by atoms with Crippen LogP contribution in [0.3, 0.4) is 0 Å². The molecule has 0 radical (unpaired) electrons.